The summed E-state index contributed by atoms with van der Waals surface area (Å²) in [7, 11) is 0. The molecule has 1 heterocycles. The van der Waals surface area contributed by atoms with E-state index in [9.17, 15) is 9.90 Å². The average molecular weight is 282 g/mol. The van der Waals surface area contributed by atoms with Crippen molar-refractivity contribution in [2.45, 2.75) is 44.7 Å². The van der Waals surface area contributed by atoms with Crippen molar-refractivity contribution < 1.29 is 15.0 Å². The minimum atomic E-state index is -1.07. The molecule has 2 atom stereocenters. The molecule has 0 aliphatic heterocycles. The van der Waals surface area contributed by atoms with Crippen LogP contribution < -0.4 is 5.32 Å². The standard InChI is InChI=1S/C13H22N4O3/c1-10-3-2-4-13(7-10,9-18)14-5-6-17-8-11(12(19)20)15-16-17/h8,10,14,18H,2-7,9H2,1H3,(H,19,20). The summed E-state index contributed by atoms with van der Waals surface area (Å²) in [5.41, 5.74) is -0.249. The average Bonchev–Trinajstić information content (AvgIpc) is 2.88. The molecule has 112 valence electrons. The van der Waals surface area contributed by atoms with Crippen LogP contribution in [0.25, 0.3) is 0 Å². The molecule has 0 amide bonds. The highest BCUT2D eigenvalue weighted by Gasteiger charge is 2.33. The Labute approximate surface area is 118 Å². The van der Waals surface area contributed by atoms with E-state index in [1.807, 2.05) is 0 Å². The fourth-order valence-electron chi connectivity index (χ4n) is 2.96. The van der Waals surface area contributed by atoms with E-state index in [1.165, 1.54) is 17.3 Å². The summed E-state index contributed by atoms with van der Waals surface area (Å²) in [6.45, 7) is 3.52. The van der Waals surface area contributed by atoms with E-state index in [0.29, 0.717) is 19.0 Å². The number of nitrogens with zero attached hydrogens (tertiary/aromatic N) is 3. The van der Waals surface area contributed by atoms with Gasteiger partial charge < -0.3 is 15.5 Å². The Bertz CT molecular complexity index is 462. The van der Waals surface area contributed by atoms with E-state index < -0.39 is 5.97 Å². The molecular formula is C13H22N4O3. The van der Waals surface area contributed by atoms with Gasteiger partial charge in [0.1, 0.15) is 0 Å². The smallest absolute Gasteiger partial charge is 0.358 e. The molecule has 1 aromatic heterocycles. The van der Waals surface area contributed by atoms with Gasteiger partial charge in [0, 0.05) is 12.1 Å². The van der Waals surface area contributed by atoms with Crippen LogP contribution in [0.1, 0.15) is 43.1 Å². The van der Waals surface area contributed by atoms with E-state index in [0.717, 1.165) is 19.3 Å². The lowest BCUT2D eigenvalue weighted by Gasteiger charge is -2.39. The first kappa shape index (κ1) is 14.9. The Morgan fingerprint density at radius 2 is 2.45 bits per heavy atom. The molecule has 20 heavy (non-hydrogen) atoms. The second-order valence-corrected chi connectivity index (χ2v) is 5.74. The van der Waals surface area contributed by atoms with Gasteiger partial charge in [-0.25, -0.2) is 4.79 Å². The maximum Gasteiger partial charge on any atom is 0.358 e. The molecule has 2 unspecified atom stereocenters. The van der Waals surface area contributed by atoms with E-state index in [4.69, 9.17) is 5.11 Å². The van der Waals surface area contributed by atoms with E-state index in [1.54, 1.807) is 0 Å². The number of carboxylic acids is 1. The summed E-state index contributed by atoms with van der Waals surface area (Å²) in [6, 6.07) is 0. The van der Waals surface area contributed by atoms with Crippen molar-refractivity contribution in [3.63, 3.8) is 0 Å². The third kappa shape index (κ3) is 3.55. The summed E-state index contributed by atoms with van der Waals surface area (Å²) >= 11 is 0. The molecule has 1 aliphatic rings. The third-order valence-corrected chi connectivity index (χ3v) is 3.99. The van der Waals surface area contributed by atoms with Gasteiger partial charge in [-0.05, 0) is 18.8 Å². The maximum atomic E-state index is 10.7. The number of aromatic carboxylic acids is 1. The maximum absolute atomic E-state index is 10.7. The second-order valence-electron chi connectivity index (χ2n) is 5.74. The molecule has 1 fully saturated rings. The van der Waals surface area contributed by atoms with Gasteiger partial charge >= 0.3 is 5.97 Å². The molecule has 0 bridgehead atoms. The van der Waals surface area contributed by atoms with Crippen LogP contribution in [0.4, 0.5) is 0 Å². The first-order chi connectivity index (χ1) is 9.54. The number of carboxylic acid groups (broad SMARTS) is 1. The van der Waals surface area contributed by atoms with Crippen molar-refractivity contribution in [3.8, 4) is 0 Å². The van der Waals surface area contributed by atoms with E-state index in [-0.39, 0.29) is 17.8 Å². The number of nitrogens with one attached hydrogen (secondary N) is 1. The van der Waals surface area contributed by atoms with Crippen LogP contribution in [-0.4, -0.2) is 49.9 Å². The van der Waals surface area contributed by atoms with E-state index >= 15 is 0 Å². The van der Waals surface area contributed by atoms with Crippen molar-refractivity contribution in [1.82, 2.24) is 20.3 Å². The predicted octanol–water partition coefficient (Wildman–Crippen LogP) is 0.507. The van der Waals surface area contributed by atoms with Gasteiger partial charge in [-0.15, -0.1) is 5.10 Å². The van der Waals surface area contributed by atoms with Gasteiger partial charge in [0.2, 0.25) is 0 Å². The molecule has 0 aromatic carbocycles. The molecule has 1 aliphatic carbocycles. The monoisotopic (exact) mass is 282 g/mol. The van der Waals surface area contributed by atoms with E-state index in [2.05, 4.69) is 22.6 Å². The zero-order chi connectivity index (χ0) is 14.6. The number of hydrogen-bond acceptors (Lipinski definition) is 5. The minimum Gasteiger partial charge on any atom is -0.476 e. The molecular weight excluding hydrogens is 260 g/mol. The zero-order valence-corrected chi connectivity index (χ0v) is 11.7. The lowest BCUT2D eigenvalue weighted by Crippen LogP contribution is -2.52. The molecule has 0 spiro atoms. The fourth-order valence-corrected chi connectivity index (χ4v) is 2.96. The van der Waals surface area contributed by atoms with Crippen molar-refractivity contribution >= 4 is 5.97 Å². The van der Waals surface area contributed by atoms with Crippen LogP contribution in [-0.2, 0) is 6.54 Å². The van der Waals surface area contributed by atoms with Crippen molar-refractivity contribution in [2.24, 2.45) is 5.92 Å². The van der Waals surface area contributed by atoms with Gasteiger partial charge in [-0.2, -0.15) is 0 Å². The highest BCUT2D eigenvalue weighted by molar-refractivity contribution is 5.84. The van der Waals surface area contributed by atoms with Crippen molar-refractivity contribution in [2.75, 3.05) is 13.2 Å². The Kier molecular flexibility index (Phi) is 4.72. The van der Waals surface area contributed by atoms with Crippen LogP contribution >= 0.6 is 0 Å². The van der Waals surface area contributed by atoms with Gasteiger partial charge in [-0.1, -0.05) is 25.0 Å². The zero-order valence-electron chi connectivity index (χ0n) is 11.7. The molecule has 7 nitrogen and oxygen atoms in total. The Morgan fingerprint density at radius 1 is 1.65 bits per heavy atom. The first-order valence-corrected chi connectivity index (χ1v) is 7.04. The number of hydrogen-bond donors (Lipinski definition) is 3. The van der Waals surface area contributed by atoms with Crippen LogP contribution in [0, 0.1) is 5.92 Å². The van der Waals surface area contributed by atoms with Crippen LogP contribution in [0.3, 0.4) is 0 Å². The molecule has 3 N–H and O–H groups in total. The lowest BCUT2D eigenvalue weighted by atomic mass is 9.77. The summed E-state index contributed by atoms with van der Waals surface area (Å²) < 4.78 is 1.51. The SMILES string of the molecule is CC1CCCC(CO)(NCCn2cc(C(=O)O)nn2)C1. The summed E-state index contributed by atoms with van der Waals surface area (Å²) in [4.78, 5) is 10.7. The number of aliphatic hydroxyl groups is 1. The molecule has 0 radical (unpaired) electrons. The number of carbonyl (C=O) groups is 1. The van der Waals surface area contributed by atoms with Crippen molar-refractivity contribution in [1.29, 1.82) is 0 Å². The molecule has 1 aromatic rings. The number of rotatable bonds is 6. The van der Waals surface area contributed by atoms with Crippen LogP contribution in [0.5, 0.6) is 0 Å². The Hall–Kier alpha value is -1.47. The van der Waals surface area contributed by atoms with Gasteiger partial charge in [0.05, 0.1) is 19.3 Å². The summed E-state index contributed by atoms with van der Waals surface area (Å²) in [6.07, 6.45) is 5.71. The van der Waals surface area contributed by atoms with Crippen LogP contribution in [0.15, 0.2) is 6.20 Å². The lowest BCUT2D eigenvalue weighted by molar-refractivity contribution is 0.0690. The molecule has 7 heteroatoms. The Morgan fingerprint density at radius 3 is 3.05 bits per heavy atom. The van der Waals surface area contributed by atoms with Gasteiger partial charge in [-0.3, -0.25) is 4.68 Å². The molecule has 1 saturated carbocycles. The molecule has 0 saturated heterocycles. The molecule has 2 rings (SSSR count). The second kappa shape index (κ2) is 6.32. The normalized spacial score (nSPS) is 26.6. The largest absolute Gasteiger partial charge is 0.476 e. The highest BCUT2D eigenvalue weighted by Crippen LogP contribution is 2.31. The first-order valence-electron chi connectivity index (χ1n) is 7.04. The van der Waals surface area contributed by atoms with Gasteiger partial charge in [0.15, 0.2) is 5.69 Å². The van der Waals surface area contributed by atoms with Crippen LogP contribution in [0.2, 0.25) is 0 Å². The topological polar surface area (TPSA) is 100 Å². The Balaban J connectivity index is 1.85. The third-order valence-electron chi connectivity index (χ3n) is 3.99. The highest BCUT2D eigenvalue weighted by atomic mass is 16.4. The fraction of sp³-hybridized carbons (Fsp3) is 0.769. The summed E-state index contributed by atoms with van der Waals surface area (Å²) in [5, 5.41) is 29.2. The van der Waals surface area contributed by atoms with Gasteiger partial charge in [0.25, 0.3) is 0 Å². The minimum absolute atomic E-state index is 0.0480. The number of aliphatic hydroxyl groups excluding tert-OH is 1. The van der Waals surface area contributed by atoms with Crippen molar-refractivity contribution in [3.05, 3.63) is 11.9 Å². The predicted molar refractivity (Wildman–Crippen MR) is 72.4 cm³/mol. The quantitative estimate of drug-likeness (QED) is 0.703. The number of aromatic nitrogens is 3. The summed E-state index contributed by atoms with van der Waals surface area (Å²) in [5.74, 6) is -0.453.